The van der Waals surface area contributed by atoms with Gasteiger partial charge in [-0.25, -0.2) is 4.39 Å². The molecule has 0 aromatic rings. The summed E-state index contributed by atoms with van der Waals surface area (Å²) >= 11 is 0. The number of ketones is 2. The molecule has 2 heterocycles. The third kappa shape index (κ3) is 3.69. The van der Waals surface area contributed by atoms with Crippen LogP contribution in [0.15, 0.2) is 23.8 Å². The molecule has 40 heavy (non-hydrogen) atoms. The van der Waals surface area contributed by atoms with Crippen LogP contribution in [0.5, 0.6) is 0 Å². The molecule has 3 saturated carbocycles. The quantitative estimate of drug-likeness (QED) is 0.500. The minimum atomic E-state index is -3.95. The van der Waals surface area contributed by atoms with Gasteiger partial charge in [-0.3, -0.25) is 9.59 Å². The van der Waals surface area contributed by atoms with E-state index >= 15 is 4.39 Å². The lowest BCUT2D eigenvalue weighted by molar-refractivity contribution is -0.245. The zero-order valence-electron chi connectivity index (χ0n) is 23.4. The number of carbonyl (C=O) groups is 2. The molecular weight excluding hydrogens is 543 g/mol. The van der Waals surface area contributed by atoms with Crippen LogP contribution in [-0.2, 0) is 34.0 Å². The maximum atomic E-state index is 17.5. The standard InChI is InChI=1S/C28H39FN2O8S/c1-24(2)38-23-14-20-19-6-5-17-13-18(32)7-8-25(17,3)27(19,29)21(33)15-26(20,4)28(23,39-24)22(34)16-30-40(35,36)31-9-11-37-12-10-31/h7-8,13,19-21,23,30,33H,5-6,9-12,14-16H2,1-4H3/t19?,20?,21-,23+,25?,26?,27-,28+/m0/s1. The zero-order valence-corrected chi connectivity index (χ0v) is 24.3. The van der Waals surface area contributed by atoms with E-state index in [1.807, 2.05) is 6.92 Å². The van der Waals surface area contributed by atoms with Crippen molar-refractivity contribution in [1.29, 1.82) is 0 Å². The number of morpholine rings is 1. The Balaban J connectivity index is 1.35. The van der Waals surface area contributed by atoms with Gasteiger partial charge in [0.25, 0.3) is 10.2 Å². The highest BCUT2D eigenvalue weighted by atomic mass is 32.2. The normalized spacial score (nSPS) is 46.2. The van der Waals surface area contributed by atoms with Gasteiger partial charge in [-0.05, 0) is 64.5 Å². The number of aliphatic hydroxyl groups excluding tert-OH is 1. The van der Waals surface area contributed by atoms with Crippen LogP contribution >= 0.6 is 0 Å². The number of fused-ring (bicyclic) bond motifs is 7. The first kappa shape index (κ1) is 28.6. The smallest absolute Gasteiger partial charge is 0.280 e. The maximum absolute atomic E-state index is 17.5. The lowest BCUT2D eigenvalue weighted by Gasteiger charge is -2.62. The average molecular weight is 583 g/mol. The van der Waals surface area contributed by atoms with E-state index in [-0.39, 0.29) is 44.4 Å². The minimum Gasteiger partial charge on any atom is -0.390 e. The Bertz CT molecular complexity index is 1290. The van der Waals surface area contributed by atoms with Crippen LogP contribution in [0.2, 0.25) is 0 Å². The predicted molar refractivity (Wildman–Crippen MR) is 141 cm³/mol. The molecule has 0 spiro atoms. The van der Waals surface area contributed by atoms with Crippen LogP contribution in [0.1, 0.15) is 53.4 Å². The first-order chi connectivity index (χ1) is 18.6. The molecule has 2 saturated heterocycles. The van der Waals surface area contributed by atoms with Crippen molar-refractivity contribution in [3.8, 4) is 0 Å². The van der Waals surface area contributed by atoms with Crippen LogP contribution in [0.3, 0.4) is 0 Å². The number of Topliss-reactive ketones (excluding diaryl/α,β-unsaturated/α-hetero) is 1. The van der Waals surface area contributed by atoms with Crippen molar-refractivity contribution >= 4 is 21.8 Å². The molecule has 2 N–H and O–H groups in total. The highest BCUT2D eigenvalue weighted by Gasteiger charge is 2.80. The zero-order chi connectivity index (χ0) is 28.9. The molecule has 222 valence electrons. The summed E-state index contributed by atoms with van der Waals surface area (Å²) in [6.45, 7) is 7.41. The summed E-state index contributed by atoms with van der Waals surface area (Å²) < 4.78 is 65.1. The summed E-state index contributed by atoms with van der Waals surface area (Å²) in [5, 5.41) is 11.7. The summed E-state index contributed by atoms with van der Waals surface area (Å²) in [7, 11) is -3.95. The van der Waals surface area contributed by atoms with Crippen molar-refractivity contribution in [2.24, 2.45) is 22.7 Å². The van der Waals surface area contributed by atoms with Crippen LogP contribution in [0, 0.1) is 22.7 Å². The molecule has 2 aliphatic heterocycles. The Morgan fingerprint density at radius 1 is 1.20 bits per heavy atom. The number of rotatable bonds is 5. The summed E-state index contributed by atoms with van der Waals surface area (Å²) in [5.41, 5.74) is -5.15. The molecule has 8 atom stereocenters. The van der Waals surface area contributed by atoms with Crippen LogP contribution in [0.4, 0.5) is 4.39 Å². The second-order valence-corrected chi connectivity index (χ2v) is 14.9. The second kappa shape index (κ2) is 8.98. The van der Waals surface area contributed by atoms with Crippen molar-refractivity contribution in [2.75, 3.05) is 32.8 Å². The van der Waals surface area contributed by atoms with Gasteiger partial charge in [0.1, 0.15) is 0 Å². The number of nitrogens with one attached hydrogen (secondary N) is 1. The van der Waals surface area contributed by atoms with Crippen molar-refractivity contribution < 1.29 is 41.7 Å². The van der Waals surface area contributed by atoms with Crippen molar-refractivity contribution in [2.45, 2.75) is 82.6 Å². The molecule has 12 heteroatoms. The number of alkyl halides is 1. The molecule has 10 nitrogen and oxygen atoms in total. The molecule has 5 fully saturated rings. The molecule has 0 aromatic heterocycles. The SMILES string of the molecule is CC1(C)O[C@@H]2CC3C4CCC5=CC(=O)C=CC5(C)[C@@]4(F)[C@@H](O)CC3(C)[C@]2(C(=O)CNS(=O)(=O)N2CCOCC2)O1. The Kier molecular flexibility index (Phi) is 6.42. The Hall–Kier alpha value is -1.54. The highest BCUT2D eigenvalue weighted by Crippen LogP contribution is 2.72. The molecule has 0 radical (unpaired) electrons. The van der Waals surface area contributed by atoms with Gasteiger partial charge in [0, 0.05) is 29.8 Å². The third-order valence-corrected chi connectivity index (χ3v) is 12.3. The maximum Gasteiger partial charge on any atom is 0.280 e. The number of nitrogens with zero attached hydrogens (tertiary/aromatic N) is 1. The van der Waals surface area contributed by atoms with Crippen molar-refractivity contribution in [3.63, 3.8) is 0 Å². The minimum absolute atomic E-state index is 0.0762. The predicted octanol–water partition coefficient (Wildman–Crippen LogP) is 1.59. The van der Waals surface area contributed by atoms with Gasteiger partial charge in [-0.1, -0.05) is 18.6 Å². The number of halogens is 1. The Labute approximate surface area is 234 Å². The van der Waals surface area contributed by atoms with Gasteiger partial charge in [-0.2, -0.15) is 17.4 Å². The molecule has 4 unspecified atom stereocenters. The topological polar surface area (TPSA) is 131 Å². The summed E-state index contributed by atoms with van der Waals surface area (Å²) in [6, 6.07) is 0. The molecule has 6 rings (SSSR count). The van der Waals surface area contributed by atoms with Gasteiger partial charge in [0.05, 0.1) is 32.0 Å². The fourth-order valence-corrected chi connectivity index (χ4v) is 10.1. The van der Waals surface area contributed by atoms with E-state index in [4.69, 9.17) is 14.2 Å². The molecule has 4 aliphatic carbocycles. The number of aliphatic hydroxyl groups is 1. The Morgan fingerprint density at radius 3 is 2.60 bits per heavy atom. The van der Waals surface area contributed by atoms with Gasteiger partial charge < -0.3 is 19.3 Å². The fourth-order valence-electron chi connectivity index (χ4n) is 8.98. The number of allylic oxidation sites excluding steroid dienone is 4. The summed E-state index contributed by atoms with van der Waals surface area (Å²) in [5.74, 6) is -2.82. The lowest BCUT2D eigenvalue weighted by Crippen LogP contribution is -2.70. The van der Waals surface area contributed by atoms with Gasteiger partial charge in [0.15, 0.2) is 28.6 Å². The van der Waals surface area contributed by atoms with Gasteiger partial charge >= 0.3 is 0 Å². The van der Waals surface area contributed by atoms with Gasteiger partial charge in [0.2, 0.25) is 0 Å². The molecule has 0 bridgehead atoms. The average Bonchev–Trinajstić information content (AvgIpc) is 3.30. The first-order valence-corrected chi connectivity index (χ1v) is 15.6. The largest absolute Gasteiger partial charge is 0.390 e. The summed E-state index contributed by atoms with van der Waals surface area (Å²) in [4.78, 5) is 26.3. The molecule has 0 amide bonds. The third-order valence-electron chi connectivity index (χ3n) is 10.8. The first-order valence-electron chi connectivity index (χ1n) is 14.2. The van der Waals surface area contributed by atoms with Crippen LogP contribution < -0.4 is 4.72 Å². The van der Waals surface area contributed by atoms with E-state index < -0.39 is 68.6 Å². The molecule has 6 aliphatic rings. The fraction of sp³-hybridized carbons (Fsp3) is 0.786. The second-order valence-electron chi connectivity index (χ2n) is 13.1. The number of hydrogen-bond acceptors (Lipinski definition) is 8. The Morgan fingerprint density at radius 2 is 1.90 bits per heavy atom. The lowest BCUT2D eigenvalue weighted by atomic mass is 9.44. The van der Waals surface area contributed by atoms with Crippen LogP contribution in [-0.4, -0.2) is 91.5 Å². The van der Waals surface area contributed by atoms with E-state index in [1.165, 1.54) is 16.5 Å². The number of carbonyl (C=O) groups excluding carboxylic acids is 2. The highest BCUT2D eigenvalue weighted by molar-refractivity contribution is 7.87. The monoisotopic (exact) mass is 582 g/mol. The van der Waals surface area contributed by atoms with E-state index in [2.05, 4.69) is 4.72 Å². The molecule has 0 aromatic carbocycles. The van der Waals surface area contributed by atoms with Crippen molar-refractivity contribution in [3.05, 3.63) is 23.8 Å². The van der Waals surface area contributed by atoms with Gasteiger partial charge in [-0.15, -0.1) is 0 Å². The van der Waals surface area contributed by atoms with E-state index in [0.29, 0.717) is 24.8 Å². The molecular formula is C28H39FN2O8S. The van der Waals surface area contributed by atoms with E-state index in [0.717, 1.165) is 0 Å². The van der Waals surface area contributed by atoms with Crippen LogP contribution in [0.25, 0.3) is 0 Å². The van der Waals surface area contributed by atoms with E-state index in [1.54, 1.807) is 26.8 Å². The summed E-state index contributed by atoms with van der Waals surface area (Å²) in [6.07, 6.45) is 3.43. The van der Waals surface area contributed by atoms with E-state index in [9.17, 15) is 23.1 Å². The number of hydrogen-bond donors (Lipinski definition) is 2. The van der Waals surface area contributed by atoms with Crippen molar-refractivity contribution in [1.82, 2.24) is 9.03 Å². The number of ether oxygens (including phenoxy) is 3.